The summed E-state index contributed by atoms with van der Waals surface area (Å²) in [6, 6.07) is 7.96. The van der Waals surface area contributed by atoms with Crippen LogP contribution in [0.5, 0.6) is 11.5 Å². The highest BCUT2D eigenvalue weighted by atomic mass is 19.2. The summed E-state index contributed by atoms with van der Waals surface area (Å²) in [5, 5.41) is 38.5. The first-order chi connectivity index (χ1) is 16.0. The highest BCUT2D eigenvalue weighted by molar-refractivity contribution is 6.58. The van der Waals surface area contributed by atoms with Crippen molar-refractivity contribution in [3.63, 3.8) is 0 Å². The predicted octanol–water partition coefficient (Wildman–Crippen LogP) is 3.47. The van der Waals surface area contributed by atoms with Gasteiger partial charge in [0.05, 0.1) is 11.1 Å². The number of carboxylic acids is 1. The van der Waals surface area contributed by atoms with Crippen LogP contribution in [0.1, 0.15) is 41.9 Å². The topological polar surface area (TPSA) is 122 Å². The number of carbonyl (C=O) groups is 1. The lowest BCUT2D eigenvalue weighted by atomic mass is 9.83. The molecule has 0 spiro atoms. The first-order valence-corrected chi connectivity index (χ1v) is 10.3. The van der Waals surface area contributed by atoms with Gasteiger partial charge < -0.3 is 32.5 Å². The number of phenols is 1. The Labute approximate surface area is 193 Å². The number of aliphatic carboxylic acids is 1. The number of ether oxygens (including phenoxy) is 1. The van der Waals surface area contributed by atoms with E-state index in [2.05, 4.69) is 0 Å². The number of hydrogen-bond donors (Lipinski definition) is 2. The van der Waals surface area contributed by atoms with Crippen LogP contribution in [-0.4, -0.2) is 44.4 Å². The highest BCUT2D eigenvalue weighted by Gasteiger charge is 2.57. The highest BCUT2D eigenvalue weighted by Crippen LogP contribution is 2.48. The number of hydrogen-bond acceptors (Lipinski definition) is 5. The molecule has 172 valence electrons. The van der Waals surface area contributed by atoms with Crippen molar-refractivity contribution in [3.05, 3.63) is 63.1 Å². The smallest absolute Gasteiger partial charge is 0.508 e. The lowest BCUT2D eigenvalue weighted by Crippen LogP contribution is -2.51. The Kier molecular flexibility index (Phi) is 5.10. The molecular formula is C23H19BF2N4O4. The normalized spacial score (nSPS) is 16.2. The third-order valence-electron chi connectivity index (χ3n) is 6.29. The van der Waals surface area contributed by atoms with Gasteiger partial charge in [-0.25, -0.2) is 4.79 Å². The quantitative estimate of drug-likeness (QED) is 0.669. The van der Waals surface area contributed by atoms with Crippen molar-refractivity contribution in [2.45, 2.75) is 27.7 Å². The van der Waals surface area contributed by atoms with Crippen molar-refractivity contribution in [2.24, 2.45) is 0 Å². The molecule has 4 rings (SSSR count). The van der Waals surface area contributed by atoms with E-state index in [-0.39, 0.29) is 56.6 Å². The van der Waals surface area contributed by atoms with Gasteiger partial charge in [-0.2, -0.15) is 10.5 Å². The van der Waals surface area contributed by atoms with E-state index >= 15 is 8.63 Å². The molecule has 0 radical (unpaired) electrons. The molecule has 0 bridgehead atoms. The predicted molar refractivity (Wildman–Crippen MR) is 119 cm³/mol. The van der Waals surface area contributed by atoms with E-state index in [9.17, 15) is 20.4 Å². The maximum Gasteiger partial charge on any atom is 0.737 e. The fraction of sp³-hybridized carbons (Fsp3) is 0.217. The van der Waals surface area contributed by atoms with Crippen LogP contribution in [0.25, 0.3) is 5.57 Å². The third kappa shape index (κ3) is 2.94. The van der Waals surface area contributed by atoms with Crippen LogP contribution in [0.15, 0.2) is 35.0 Å². The van der Waals surface area contributed by atoms with Gasteiger partial charge in [0, 0.05) is 35.5 Å². The Hall–Kier alpha value is -4.38. The molecule has 2 aliphatic rings. The number of aromatic nitrogens is 1. The lowest BCUT2D eigenvalue weighted by molar-refractivity contribution is -0.363. The molecule has 0 saturated carbocycles. The van der Waals surface area contributed by atoms with E-state index < -0.39 is 19.5 Å². The van der Waals surface area contributed by atoms with E-state index in [4.69, 9.17) is 9.84 Å². The van der Waals surface area contributed by atoms with Crippen molar-refractivity contribution in [1.29, 1.82) is 10.5 Å². The first-order valence-electron chi connectivity index (χ1n) is 10.3. The van der Waals surface area contributed by atoms with Gasteiger partial charge >= 0.3 is 12.9 Å². The van der Waals surface area contributed by atoms with Crippen LogP contribution in [-0.2, 0) is 4.79 Å². The van der Waals surface area contributed by atoms with E-state index in [0.717, 1.165) is 8.96 Å². The summed E-state index contributed by atoms with van der Waals surface area (Å²) < 4.78 is 39.2. The Bertz CT molecular complexity index is 1490. The van der Waals surface area contributed by atoms with Crippen molar-refractivity contribution in [2.75, 3.05) is 6.61 Å². The van der Waals surface area contributed by atoms with Crippen LogP contribution in [0.3, 0.4) is 0 Å². The molecule has 3 heterocycles. The van der Waals surface area contributed by atoms with Gasteiger partial charge in [-0.3, -0.25) is 0 Å². The van der Waals surface area contributed by atoms with Crippen molar-refractivity contribution in [3.8, 4) is 23.6 Å². The van der Waals surface area contributed by atoms with Gasteiger partial charge in [0.2, 0.25) is 0 Å². The summed E-state index contributed by atoms with van der Waals surface area (Å²) in [6.07, 6.45) is 0. The SMILES string of the molecule is CC1=C(C#N)C(C)=[N+]2C1=C(c1ccc(O)cc1OCC(=O)O)c1c(C)c(C#N)c(C)n1[B-]2(F)F. The molecule has 1 aromatic carbocycles. The summed E-state index contributed by atoms with van der Waals surface area (Å²) in [5.41, 5.74) is 1.60. The minimum Gasteiger partial charge on any atom is -0.508 e. The standard InChI is InChI=1S/C23H19BF2N4O4/c1-11-17(8-27)13(3)29-22(11)21(16-6-5-15(31)7-19(16)34-10-20(32)33)23-12(2)18(9-28)14(4)30(23)24(29,25)26/h5-7,31H,10H2,1-4H3,(H,32,33). The minimum absolute atomic E-state index is 0.0401. The van der Waals surface area contributed by atoms with E-state index in [0.29, 0.717) is 11.1 Å². The second-order valence-electron chi connectivity index (χ2n) is 8.16. The summed E-state index contributed by atoms with van der Waals surface area (Å²) in [5.74, 6) is -1.51. The van der Waals surface area contributed by atoms with E-state index in [1.165, 1.54) is 32.0 Å². The first kappa shape index (κ1) is 22.8. The van der Waals surface area contributed by atoms with Gasteiger partial charge in [0.1, 0.15) is 29.2 Å². The molecule has 2 aliphatic heterocycles. The third-order valence-corrected chi connectivity index (χ3v) is 6.29. The van der Waals surface area contributed by atoms with Crippen molar-refractivity contribution < 1.29 is 32.9 Å². The van der Waals surface area contributed by atoms with Crippen LogP contribution in [0, 0.1) is 36.5 Å². The summed E-state index contributed by atoms with van der Waals surface area (Å²) in [6.45, 7) is 0.795. The van der Waals surface area contributed by atoms with Gasteiger partial charge in [0.15, 0.2) is 18.0 Å². The number of benzene rings is 1. The number of rotatable bonds is 4. The Morgan fingerprint density at radius 2 is 1.88 bits per heavy atom. The number of nitrogens with zero attached hydrogens (tertiary/aromatic N) is 4. The zero-order valence-electron chi connectivity index (χ0n) is 18.8. The van der Waals surface area contributed by atoms with E-state index in [1.54, 1.807) is 13.8 Å². The molecule has 0 fully saturated rings. The number of carboxylic acid groups (broad SMARTS) is 1. The fourth-order valence-corrected chi connectivity index (χ4v) is 4.90. The molecular weight excluding hydrogens is 445 g/mol. The molecule has 0 saturated heterocycles. The summed E-state index contributed by atoms with van der Waals surface area (Å²) >= 11 is 0. The van der Waals surface area contributed by atoms with Crippen LogP contribution >= 0.6 is 0 Å². The number of aromatic hydroxyl groups is 1. The number of allylic oxidation sites excluding steroid dienone is 2. The molecule has 0 amide bonds. The molecule has 2 N–H and O–H groups in total. The monoisotopic (exact) mass is 464 g/mol. The molecule has 2 aromatic rings. The maximum absolute atomic E-state index is 16.1. The average molecular weight is 464 g/mol. The zero-order chi connectivity index (χ0) is 25.1. The number of halogens is 2. The average Bonchev–Trinajstić information content (AvgIpc) is 3.18. The molecule has 34 heavy (non-hydrogen) atoms. The summed E-state index contributed by atoms with van der Waals surface area (Å²) in [7, 11) is 0. The molecule has 0 atom stereocenters. The Morgan fingerprint density at radius 3 is 2.47 bits per heavy atom. The van der Waals surface area contributed by atoms with Crippen LogP contribution in [0.4, 0.5) is 8.63 Å². The Balaban J connectivity index is 2.21. The summed E-state index contributed by atoms with van der Waals surface area (Å²) in [4.78, 5) is 11.1. The number of nitriles is 2. The molecule has 0 aliphatic carbocycles. The Morgan fingerprint density at radius 1 is 1.21 bits per heavy atom. The maximum atomic E-state index is 16.1. The molecule has 8 nitrogen and oxygen atoms in total. The number of phenolic OH excluding ortho intramolecular Hbond substituents is 1. The van der Waals surface area contributed by atoms with Crippen LogP contribution < -0.4 is 4.74 Å². The molecule has 0 unspecified atom stereocenters. The van der Waals surface area contributed by atoms with Crippen LogP contribution in [0.2, 0.25) is 0 Å². The molecule has 11 heteroatoms. The number of fused-ring (bicyclic) bond motifs is 2. The van der Waals surface area contributed by atoms with Crippen molar-refractivity contribution in [1.82, 2.24) is 4.48 Å². The lowest BCUT2D eigenvalue weighted by Gasteiger charge is -2.34. The second kappa shape index (κ2) is 7.60. The van der Waals surface area contributed by atoms with E-state index in [1.807, 2.05) is 12.1 Å². The van der Waals surface area contributed by atoms with Gasteiger partial charge in [0.25, 0.3) is 0 Å². The molecule has 1 aromatic heterocycles. The second-order valence-corrected chi connectivity index (χ2v) is 8.16. The van der Waals surface area contributed by atoms with Gasteiger partial charge in [-0.1, -0.05) is 0 Å². The van der Waals surface area contributed by atoms with Gasteiger partial charge in [-0.15, -0.1) is 0 Å². The van der Waals surface area contributed by atoms with Crippen molar-refractivity contribution >= 4 is 24.2 Å². The minimum atomic E-state index is -4.47. The van der Waals surface area contributed by atoms with Gasteiger partial charge in [-0.05, 0) is 38.5 Å². The zero-order valence-corrected chi connectivity index (χ0v) is 18.8. The largest absolute Gasteiger partial charge is 0.737 e. The fourth-order valence-electron chi connectivity index (χ4n) is 4.90.